The third-order valence-electron chi connectivity index (χ3n) is 3.42. The summed E-state index contributed by atoms with van der Waals surface area (Å²) in [6.45, 7) is 0.804. The van der Waals surface area contributed by atoms with Crippen LogP contribution in [0.3, 0.4) is 0 Å². The predicted molar refractivity (Wildman–Crippen MR) is 86.2 cm³/mol. The van der Waals surface area contributed by atoms with Crippen molar-refractivity contribution in [1.29, 1.82) is 0 Å². The predicted octanol–water partition coefficient (Wildman–Crippen LogP) is 4.88. The molecule has 104 valence electrons. The summed E-state index contributed by atoms with van der Waals surface area (Å²) in [5.74, 6) is 0.0915. The Bertz CT molecular complexity index is 443. The van der Waals surface area contributed by atoms with Gasteiger partial charge in [0.15, 0.2) is 0 Å². The molecule has 0 aliphatic heterocycles. The topological polar surface area (TPSA) is 20.3 Å². The second kappa shape index (κ2) is 7.09. The van der Waals surface area contributed by atoms with Crippen LogP contribution in [0, 0.1) is 0 Å². The van der Waals surface area contributed by atoms with Crippen molar-refractivity contribution in [1.82, 2.24) is 4.90 Å². The summed E-state index contributed by atoms with van der Waals surface area (Å²) >= 11 is 12.8. The van der Waals surface area contributed by atoms with Gasteiger partial charge in [0.2, 0.25) is 0 Å². The zero-order valence-electron chi connectivity index (χ0n) is 10.5. The minimum atomic E-state index is 0.0915. The summed E-state index contributed by atoms with van der Waals surface area (Å²) in [6.07, 6.45) is 4.44. The summed E-state index contributed by atoms with van der Waals surface area (Å²) < 4.78 is 0.845. The van der Waals surface area contributed by atoms with E-state index in [9.17, 15) is 4.79 Å². The van der Waals surface area contributed by atoms with Crippen molar-refractivity contribution >= 4 is 49.4 Å². The molecule has 0 radical (unpaired) electrons. The van der Waals surface area contributed by atoms with E-state index >= 15 is 0 Å². The van der Waals surface area contributed by atoms with Crippen molar-refractivity contribution in [2.75, 3.05) is 11.9 Å². The normalized spacial score (nSPS) is 15.1. The Labute approximate surface area is 135 Å². The van der Waals surface area contributed by atoms with Gasteiger partial charge in [0, 0.05) is 33.0 Å². The SMILES string of the molecule is O=C(c1cc(Cl)cc(Br)c1)N(CCCBr)C1CCC1. The molecule has 2 nitrogen and oxygen atoms in total. The highest BCUT2D eigenvalue weighted by Crippen LogP contribution is 2.28. The van der Waals surface area contributed by atoms with E-state index in [-0.39, 0.29) is 5.91 Å². The van der Waals surface area contributed by atoms with Crippen LogP contribution in [-0.2, 0) is 0 Å². The maximum Gasteiger partial charge on any atom is 0.254 e. The molecule has 1 aromatic carbocycles. The van der Waals surface area contributed by atoms with Gasteiger partial charge in [0.1, 0.15) is 0 Å². The summed E-state index contributed by atoms with van der Waals surface area (Å²) in [5.41, 5.74) is 0.667. The molecule has 1 aliphatic carbocycles. The van der Waals surface area contributed by atoms with Gasteiger partial charge in [0.05, 0.1) is 0 Å². The minimum Gasteiger partial charge on any atom is -0.336 e. The smallest absolute Gasteiger partial charge is 0.254 e. The fourth-order valence-corrected chi connectivity index (χ4v) is 3.33. The standard InChI is InChI=1S/C14H16Br2ClNO/c15-5-2-6-18(13-3-1-4-13)14(19)10-7-11(16)9-12(17)8-10/h7-9,13H,1-6H2. The van der Waals surface area contributed by atoms with E-state index in [2.05, 4.69) is 31.9 Å². The maximum atomic E-state index is 12.6. The number of hydrogen-bond acceptors (Lipinski definition) is 1. The van der Waals surface area contributed by atoms with Gasteiger partial charge < -0.3 is 4.90 Å². The lowest BCUT2D eigenvalue weighted by Crippen LogP contribution is -2.44. The molecular formula is C14H16Br2ClNO. The number of amides is 1. The molecule has 1 amide bonds. The number of carbonyl (C=O) groups excluding carboxylic acids is 1. The van der Waals surface area contributed by atoms with Crippen LogP contribution in [-0.4, -0.2) is 28.7 Å². The van der Waals surface area contributed by atoms with Gasteiger partial charge in [0.25, 0.3) is 5.91 Å². The number of benzene rings is 1. The molecule has 0 unspecified atom stereocenters. The Morgan fingerprint density at radius 2 is 2.11 bits per heavy atom. The Balaban J connectivity index is 2.17. The highest BCUT2D eigenvalue weighted by atomic mass is 79.9. The van der Waals surface area contributed by atoms with Crippen molar-refractivity contribution in [3.05, 3.63) is 33.3 Å². The Kier molecular flexibility index (Phi) is 5.72. The van der Waals surface area contributed by atoms with Crippen LogP contribution in [0.15, 0.2) is 22.7 Å². The van der Waals surface area contributed by atoms with E-state index in [0.29, 0.717) is 16.6 Å². The maximum absolute atomic E-state index is 12.6. The first-order valence-electron chi connectivity index (χ1n) is 6.45. The van der Waals surface area contributed by atoms with Crippen molar-refractivity contribution < 1.29 is 4.79 Å². The number of carbonyl (C=O) groups is 1. The van der Waals surface area contributed by atoms with Crippen LogP contribution in [0.25, 0.3) is 0 Å². The van der Waals surface area contributed by atoms with Gasteiger partial charge in [-0.1, -0.05) is 43.5 Å². The molecule has 19 heavy (non-hydrogen) atoms. The van der Waals surface area contributed by atoms with Crippen LogP contribution in [0.4, 0.5) is 0 Å². The molecule has 0 spiro atoms. The van der Waals surface area contributed by atoms with Crippen LogP contribution in [0.2, 0.25) is 5.02 Å². The first-order chi connectivity index (χ1) is 9.11. The van der Waals surface area contributed by atoms with Gasteiger partial charge in [-0.25, -0.2) is 0 Å². The molecular weight excluding hydrogens is 393 g/mol. The minimum absolute atomic E-state index is 0.0915. The lowest BCUT2D eigenvalue weighted by molar-refractivity contribution is 0.0581. The molecule has 0 atom stereocenters. The number of nitrogens with zero attached hydrogens (tertiary/aromatic N) is 1. The highest BCUT2D eigenvalue weighted by molar-refractivity contribution is 9.10. The first-order valence-corrected chi connectivity index (χ1v) is 8.74. The van der Waals surface area contributed by atoms with E-state index in [1.807, 2.05) is 11.0 Å². The lowest BCUT2D eigenvalue weighted by atomic mass is 9.91. The molecule has 1 aliphatic rings. The van der Waals surface area contributed by atoms with Crippen LogP contribution in [0.5, 0.6) is 0 Å². The molecule has 1 fully saturated rings. The van der Waals surface area contributed by atoms with Crippen LogP contribution >= 0.6 is 43.5 Å². The fourth-order valence-electron chi connectivity index (χ4n) is 2.22. The van der Waals surface area contributed by atoms with Gasteiger partial charge in [-0.05, 0) is 43.9 Å². The molecule has 0 bridgehead atoms. The Hall–Kier alpha value is -0.0600. The van der Waals surface area contributed by atoms with E-state index in [4.69, 9.17) is 11.6 Å². The quantitative estimate of drug-likeness (QED) is 0.635. The number of halogens is 3. The van der Waals surface area contributed by atoms with Crippen LogP contribution < -0.4 is 0 Å². The first kappa shape index (κ1) is 15.3. The second-order valence-corrected chi connectivity index (χ2v) is 6.93. The van der Waals surface area contributed by atoms with Crippen molar-refractivity contribution in [3.63, 3.8) is 0 Å². The fraction of sp³-hybridized carbons (Fsp3) is 0.500. The van der Waals surface area contributed by atoms with E-state index < -0.39 is 0 Å². The number of alkyl halides is 1. The summed E-state index contributed by atoms with van der Waals surface area (Å²) in [4.78, 5) is 14.6. The molecule has 0 saturated heterocycles. The van der Waals surface area contributed by atoms with Crippen LogP contribution in [0.1, 0.15) is 36.0 Å². The van der Waals surface area contributed by atoms with E-state index in [0.717, 1.165) is 35.6 Å². The lowest BCUT2D eigenvalue weighted by Gasteiger charge is -2.37. The molecule has 0 heterocycles. The van der Waals surface area contributed by atoms with Crippen molar-refractivity contribution in [2.45, 2.75) is 31.7 Å². The van der Waals surface area contributed by atoms with E-state index in [1.54, 1.807) is 12.1 Å². The molecule has 0 aromatic heterocycles. The van der Waals surface area contributed by atoms with Gasteiger partial charge in [-0.15, -0.1) is 0 Å². The number of hydrogen-bond donors (Lipinski definition) is 0. The zero-order chi connectivity index (χ0) is 13.8. The largest absolute Gasteiger partial charge is 0.336 e. The van der Waals surface area contributed by atoms with Crippen molar-refractivity contribution in [2.24, 2.45) is 0 Å². The van der Waals surface area contributed by atoms with E-state index in [1.165, 1.54) is 6.42 Å². The van der Waals surface area contributed by atoms with Gasteiger partial charge >= 0.3 is 0 Å². The Morgan fingerprint density at radius 1 is 1.37 bits per heavy atom. The van der Waals surface area contributed by atoms with Gasteiger partial charge in [-0.3, -0.25) is 4.79 Å². The average Bonchev–Trinajstić information content (AvgIpc) is 2.29. The monoisotopic (exact) mass is 407 g/mol. The zero-order valence-corrected chi connectivity index (χ0v) is 14.5. The van der Waals surface area contributed by atoms with Gasteiger partial charge in [-0.2, -0.15) is 0 Å². The third-order valence-corrected chi connectivity index (χ3v) is 4.66. The summed E-state index contributed by atoms with van der Waals surface area (Å²) in [7, 11) is 0. The Morgan fingerprint density at radius 3 is 2.63 bits per heavy atom. The van der Waals surface area contributed by atoms with Crippen molar-refractivity contribution in [3.8, 4) is 0 Å². The molecule has 5 heteroatoms. The molecule has 1 aromatic rings. The molecule has 2 rings (SSSR count). The second-order valence-electron chi connectivity index (χ2n) is 4.78. The average molecular weight is 410 g/mol. The summed E-state index contributed by atoms with van der Waals surface area (Å²) in [6, 6.07) is 5.79. The molecule has 0 N–H and O–H groups in total. The number of rotatable bonds is 5. The summed E-state index contributed by atoms with van der Waals surface area (Å²) in [5, 5.41) is 1.51. The molecule has 1 saturated carbocycles. The highest BCUT2D eigenvalue weighted by Gasteiger charge is 2.29. The third kappa shape index (κ3) is 3.96.